The normalized spacial score (nSPS) is 18.0. The van der Waals surface area contributed by atoms with Gasteiger partial charge in [0.1, 0.15) is 11.4 Å². The van der Waals surface area contributed by atoms with Crippen LogP contribution in [0, 0.1) is 11.8 Å². The Bertz CT molecular complexity index is 1120. The molecule has 0 radical (unpaired) electrons. The predicted octanol–water partition coefficient (Wildman–Crippen LogP) is 7.50. The first-order chi connectivity index (χ1) is 17.9. The van der Waals surface area contributed by atoms with Gasteiger partial charge in [0.2, 0.25) is 0 Å². The molecule has 38 heavy (non-hydrogen) atoms. The average Bonchev–Trinajstić information content (AvgIpc) is 2.92. The highest BCUT2D eigenvalue weighted by Gasteiger charge is 2.34. The quantitative estimate of drug-likeness (QED) is 0.237. The van der Waals surface area contributed by atoms with E-state index < -0.39 is 5.60 Å². The van der Waals surface area contributed by atoms with Gasteiger partial charge in [-0.3, -0.25) is 9.59 Å². The first-order valence-corrected chi connectivity index (χ1v) is 13.8. The molecule has 3 rings (SSSR count). The zero-order chi connectivity index (χ0) is 28.1. The molecular formula is C32H44O6. The first kappa shape index (κ1) is 29.5. The van der Waals surface area contributed by atoms with Crippen LogP contribution in [0.1, 0.15) is 85.6 Å². The van der Waals surface area contributed by atoms with Gasteiger partial charge in [-0.2, -0.15) is 0 Å². The minimum atomic E-state index is -0.463. The maximum absolute atomic E-state index is 13.0. The van der Waals surface area contributed by atoms with Crippen molar-refractivity contribution in [1.82, 2.24) is 0 Å². The fraction of sp³-hybridized carbons (Fsp3) is 0.562. The van der Waals surface area contributed by atoms with Crippen molar-refractivity contribution in [3.63, 3.8) is 0 Å². The van der Waals surface area contributed by atoms with Crippen LogP contribution in [0.2, 0.25) is 0 Å². The summed E-state index contributed by atoms with van der Waals surface area (Å²) in [6.45, 7) is 12.4. The van der Waals surface area contributed by atoms with Gasteiger partial charge in [-0.25, -0.2) is 0 Å². The fourth-order valence-electron chi connectivity index (χ4n) is 4.74. The third-order valence-electron chi connectivity index (χ3n) is 8.14. The van der Waals surface area contributed by atoms with Gasteiger partial charge in [-0.1, -0.05) is 45.9 Å². The second-order valence-electron chi connectivity index (χ2n) is 11.5. The molecule has 0 N–H and O–H groups in total. The minimum Gasteiger partial charge on any atom is -0.496 e. The zero-order valence-corrected chi connectivity index (χ0v) is 24.3. The monoisotopic (exact) mass is 524 g/mol. The van der Waals surface area contributed by atoms with Gasteiger partial charge in [0.15, 0.2) is 11.5 Å². The number of carbonyl (C=O) groups excluding carboxylic acids is 2. The van der Waals surface area contributed by atoms with Crippen LogP contribution in [0.25, 0.3) is 11.1 Å². The molecule has 1 aliphatic rings. The van der Waals surface area contributed by atoms with Crippen LogP contribution < -0.4 is 14.2 Å². The molecule has 6 heteroatoms. The Hall–Kier alpha value is -3.02. The SMILES string of the molecule is CCC(C)(C)OC(=O)C1CCC(C(=O)Oc2ccc(-c3ccc(C(C)(C)CC)c(OC)c3)cc2OC)CC1. The van der Waals surface area contributed by atoms with E-state index in [1.807, 2.05) is 39.0 Å². The number of hydrogen-bond donors (Lipinski definition) is 0. The van der Waals surface area contributed by atoms with E-state index in [4.69, 9.17) is 18.9 Å². The van der Waals surface area contributed by atoms with Crippen LogP contribution in [0.3, 0.4) is 0 Å². The Kier molecular flexibility index (Phi) is 9.50. The summed E-state index contributed by atoms with van der Waals surface area (Å²) in [5.74, 6) is 0.872. The van der Waals surface area contributed by atoms with Crippen LogP contribution in [0.5, 0.6) is 17.2 Å². The van der Waals surface area contributed by atoms with Crippen molar-refractivity contribution in [1.29, 1.82) is 0 Å². The summed E-state index contributed by atoms with van der Waals surface area (Å²) in [7, 11) is 3.26. The molecule has 0 heterocycles. The summed E-state index contributed by atoms with van der Waals surface area (Å²) in [6, 6.07) is 11.8. The molecule has 0 spiro atoms. The van der Waals surface area contributed by atoms with E-state index >= 15 is 0 Å². The highest BCUT2D eigenvalue weighted by molar-refractivity contribution is 5.78. The van der Waals surface area contributed by atoms with E-state index in [0.29, 0.717) is 37.2 Å². The van der Waals surface area contributed by atoms with Gasteiger partial charge < -0.3 is 18.9 Å². The van der Waals surface area contributed by atoms with E-state index in [1.165, 1.54) is 5.56 Å². The maximum Gasteiger partial charge on any atom is 0.314 e. The lowest BCUT2D eigenvalue weighted by atomic mass is 9.81. The third-order valence-corrected chi connectivity index (χ3v) is 8.14. The molecule has 2 aromatic carbocycles. The Morgan fingerprint density at radius 3 is 1.79 bits per heavy atom. The Morgan fingerprint density at radius 2 is 1.26 bits per heavy atom. The van der Waals surface area contributed by atoms with Gasteiger partial charge in [0.05, 0.1) is 26.1 Å². The van der Waals surface area contributed by atoms with E-state index in [0.717, 1.165) is 29.7 Å². The summed E-state index contributed by atoms with van der Waals surface area (Å²) in [4.78, 5) is 25.5. The molecule has 0 unspecified atom stereocenters. The molecule has 1 aliphatic carbocycles. The number of benzene rings is 2. The molecule has 2 aromatic rings. The summed E-state index contributed by atoms with van der Waals surface area (Å²) in [5, 5.41) is 0. The molecule has 0 aromatic heterocycles. The maximum atomic E-state index is 13.0. The molecule has 0 aliphatic heterocycles. The summed E-state index contributed by atoms with van der Waals surface area (Å²) in [5.41, 5.74) is 2.64. The van der Waals surface area contributed by atoms with E-state index in [2.05, 4.69) is 32.9 Å². The number of methoxy groups -OCH3 is 2. The molecule has 1 saturated carbocycles. The van der Waals surface area contributed by atoms with Gasteiger partial charge in [-0.05, 0) is 92.7 Å². The molecule has 0 amide bonds. The number of esters is 2. The van der Waals surface area contributed by atoms with Gasteiger partial charge in [0.25, 0.3) is 0 Å². The lowest BCUT2D eigenvalue weighted by Crippen LogP contribution is -2.34. The van der Waals surface area contributed by atoms with Crippen molar-refractivity contribution < 1.29 is 28.5 Å². The van der Waals surface area contributed by atoms with E-state index in [-0.39, 0.29) is 29.2 Å². The summed E-state index contributed by atoms with van der Waals surface area (Å²) >= 11 is 0. The fourth-order valence-corrected chi connectivity index (χ4v) is 4.74. The van der Waals surface area contributed by atoms with Crippen molar-refractivity contribution in [2.75, 3.05) is 14.2 Å². The zero-order valence-electron chi connectivity index (χ0n) is 24.3. The Labute approximate surface area is 228 Å². The van der Waals surface area contributed by atoms with Crippen LogP contribution in [-0.2, 0) is 19.7 Å². The van der Waals surface area contributed by atoms with Crippen molar-refractivity contribution in [3.8, 4) is 28.4 Å². The van der Waals surface area contributed by atoms with E-state index in [9.17, 15) is 9.59 Å². The smallest absolute Gasteiger partial charge is 0.314 e. The van der Waals surface area contributed by atoms with Crippen LogP contribution in [0.15, 0.2) is 36.4 Å². The van der Waals surface area contributed by atoms with Crippen molar-refractivity contribution in [2.24, 2.45) is 11.8 Å². The standard InChI is InChI=1S/C32H44O6/c1-9-31(3,4)25-17-15-23(19-27(25)35-7)24-16-18-26(28(20-24)36-8)37-29(33)21-11-13-22(14-12-21)30(34)38-32(5,6)10-2/h15-22H,9-14H2,1-8H3. The number of ether oxygens (including phenoxy) is 4. The van der Waals surface area contributed by atoms with Crippen LogP contribution in [0.4, 0.5) is 0 Å². The Morgan fingerprint density at radius 1 is 0.737 bits per heavy atom. The number of rotatable bonds is 10. The lowest BCUT2D eigenvalue weighted by Gasteiger charge is -2.30. The average molecular weight is 525 g/mol. The molecule has 0 bridgehead atoms. The van der Waals surface area contributed by atoms with Gasteiger partial charge in [-0.15, -0.1) is 0 Å². The van der Waals surface area contributed by atoms with Crippen LogP contribution >= 0.6 is 0 Å². The molecule has 0 saturated heterocycles. The number of carbonyl (C=O) groups is 2. The summed E-state index contributed by atoms with van der Waals surface area (Å²) < 4.78 is 22.7. The van der Waals surface area contributed by atoms with Crippen molar-refractivity contribution in [3.05, 3.63) is 42.0 Å². The van der Waals surface area contributed by atoms with Crippen molar-refractivity contribution >= 4 is 11.9 Å². The minimum absolute atomic E-state index is 0.00513. The summed E-state index contributed by atoms with van der Waals surface area (Å²) in [6.07, 6.45) is 4.22. The highest BCUT2D eigenvalue weighted by atomic mass is 16.6. The second-order valence-corrected chi connectivity index (χ2v) is 11.5. The van der Waals surface area contributed by atoms with Crippen LogP contribution in [-0.4, -0.2) is 31.8 Å². The van der Waals surface area contributed by atoms with Gasteiger partial charge in [0, 0.05) is 0 Å². The first-order valence-electron chi connectivity index (χ1n) is 13.8. The topological polar surface area (TPSA) is 71.1 Å². The molecule has 1 fully saturated rings. The van der Waals surface area contributed by atoms with E-state index in [1.54, 1.807) is 20.3 Å². The molecule has 6 nitrogen and oxygen atoms in total. The number of hydrogen-bond acceptors (Lipinski definition) is 6. The third kappa shape index (κ3) is 6.89. The second kappa shape index (κ2) is 12.2. The predicted molar refractivity (Wildman–Crippen MR) is 150 cm³/mol. The largest absolute Gasteiger partial charge is 0.496 e. The molecular weight excluding hydrogens is 480 g/mol. The highest BCUT2D eigenvalue weighted by Crippen LogP contribution is 2.39. The Balaban J connectivity index is 1.69. The lowest BCUT2D eigenvalue weighted by molar-refractivity contribution is -0.164. The van der Waals surface area contributed by atoms with Crippen molar-refractivity contribution in [2.45, 2.75) is 91.1 Å². The molecule has 208 valence electrons. The van der Waals surface area contributed by atoms with Gasteiger partial charge >= 0.3 is 11.9 Å². The molecule has 0 atom stereocenters.